The molecule has 0 unspecified atom stereocenters. The average molecular weight is 467 g/mol. The number of Topliss-reactive ketones (excluding diaryl/α,β-unsaturated/α-hetero) is 1. The number of hydrogen-bond acceptors (Lipinski definition) is 4. The number of halogens is 1. The molecular weight excluding hydrogens is 444 g/mol. The van der Waals surface area contributed by atoms with E-state index in [0.29, 0.717) is 12.1 Å². The summed E-state index contributed by atoms with van der Waals surface area (Å²) in [6.07, 6.45) is 5.84. The van der Waals surface area contributed by atoms with E-state index in [0.717, 1.165) is 39.2 Å². The molecule has 34 heavy (non-hydrogen) atoms. The maximum absolute atomic E-state index is 13.7. The maximum Gasteiger partial charge on any atom is 0.186 e. The van der Waals surface area contributed by atoms with Gasteiger partial charge in [0.2, 0.25) is 0 Å². The Bertz CT molecular complexity index is 1400. The summed E-state index contributed by atoms with van der Waals surface area (Å²) in [5.41, 5.74) is 5.47. The van der Waals surface area contributed by atoms with Gasteiger partial charge in [-0.3, -0.25) is 4.79 Å². The van der Waals surface area contributed by atoms with Crippen LogP contribution in [0.3, 0.4) is 0 Å². The van der Waals surface area contributed by atoms with Crippen molar-refractivity contribution < 1.29 is 4.79 Å². The average Bonchev–Trinajstić information content (AvgIpc) is 3.32. The summed E-state index contributed by atoms with van der Waals surface area (Å²) >= 11 is 6.00. The Morgan fingerprint density at radius 3 is 2.59 bits per heavy atom. The van der Waals surface area contributed by atoms with Crippen molar-refractivity contribution in [3.8, 4) is 11.3 Å². The molecule has 1 atom stereocenters. The van der Waals surface area contributed by atoms with Crippen LogP contribution in [0.5, 0.6) is 0 Å². The first kappa shape index (κ1) is 22.0. The Hall–Kier alpha value is -3.80. The van der Waals surface area contributed by atoms with Crippen molar-refractivity contribution in [1.29, 1.82) is 0 Å². The third-order valence-electron chi connectivity index (χ3n) is 5.90. The summed E-state index contributed by atoms with van der Waals surface area (Å²) in [6, 6.07) is 25.0. The Morgan fingerprint density at radius 1 is 1.00 bits per heavy atom. The third kappa shape index (κ3) is 4.76. The molecule has 3 aromatic carbocycles. The maximum atomic E-state index is 13.7. The van der Waals surface area contributed by atoms with Crippen LogP contribution in [0.25, 0.3) is 22.2 Å². The second kappa shape index (κ2) is 10.00. The van der Waals surface area contributed by atoms with Crippen LogP contribution < -0.4 is 5.32 Å². The van der Waals surface area contributed by atoms with Crippen LogP contribution >= 0.6 is 11.6 Å². The Balaban J connectivity index is 1.40. The zero-order chi connectivity index (χ0) is 23.3. The van der Waals surface area contributed by atoms with E-state index in [1.165, 1.54) is 11.9 Å². The van der Waals surface area contributed by atoms with Crippen LogP contribution in [0.15, 0.2) is 97.6 Å². The molecule has 0 amide bonds. The molecule has 2 N–H and O–H groups in total. The van der Waals surface area contributed by atoms with Gasteiger partial charge in [-0.25, -0.2) is 9.97 Å². The lowest BCUT2D eigenvalue weighted by Crippen LogP contribution is -2.30. The number of nitrogens with zero attached hydrogens (tertiary/aromatic N) is 2. The lowest BCUT2D eigenvalue weighted by Gasteiger charge is -2.18. The quantitative estimate of drug-likeness (QED) is 0.274. The second-order valence-electron chi connectivity index (χ2n) is 8.10. The van der Waals surface area contributed by atoms with E-state index in [-0.39, 0.29) is 5.78 Å². The number of benzene rings is 3. The highest BCUT2D eigenvalue weighted by Gasteiger charge is 2.24. The molecular formula is C28H23ClN4O. The van der Waals surface area contributed by atoms with Crippen LogP contribution in [0.2, 0.25) is 5.02 Å². The molecule has 0 aliphatic heterocycles. The molecule has 0 radical (unpaired) electrons. The van der Waals surface area contributed by atoms with Gasteiger partial charge in [-0.05, 0) is 41.8 Å². The highest BCUT2D eigenvalue weighted by molar-refractivity contribution is 6.30. The second-order valence-corrected chi connectivity index (χ2v) is 8.53. The van der Waals surface area contributed by atoms with Gasteiger partial charge in [-0.2, -0.15) is 0 Å². The molecule has 2 aromatic heterocycles. The van der Waals surface area contributed by atoms with E-state index >= 15 is 0 Å². The molecule has 5 aromatic rings. The van der Waals surface area contributed by atoms with E-state index in [1.54, 1.807) is 12.4 Å². The number of hydrogen-bond donors (Lipinski definition) is 2. The molecule has 0 bridgehead atoms. The van der Waals surface area contributed by atoms with E-state index in [1.807, 2.05) is 78.9 Å². The van der Waals surface area contributed by atoms with Gasteiger partial charge in [-0.15, -0.1) is 0 Å². The van der Waals surface area contributed by atoms with E-state index in [9.17, 15) is 4.79 Å². The van der Waals surface area contributed by atoms with Crippen molar-refractivity contribution in [2.75, 3.05) is 6.54 Å². The number of nitrogens with one attached hydrogen (secondary N) is 2. The van der Waals surface area contributed by atoms with Gasteiger partial charge in [0.1, 0.15) is 6.33 Å². The number of H-pyrrole nitrogens is 1. The molecule has 0 fully saturated rings. The normalized spacial score (nSPS) is 12.0. The predicted octanol–water partition coefficient (Wildman–Crippen LogP) is 6.03. The van der Waals surface area contributed by atoms with Crippen molar-refractivity contribution in [2.45, 2.75) is 12.5 Å². The van der Waals surface area contributed by atoms with Gasteiger partial charge < -0.3 is 10.3 Å². The van der Waals surface area contributed by atoms with Crippen molar-refractivity contribution in [3.05, 3.63) is 119 Å². The summed E-state index contributed by atoms with van der Waals surface area (Å²) in [5, 5.41) is 5.09. The molecule has 0 spiro atoms. The van der Waals surface area contributed by atoms with E-state index < -0.39 is 6.04 Å². The molecule has 0 aliphatic carbocycles. The third-order valence-corrected chi connectivity index (χ3v) is 6.15. The lowest BCUT2D eigenvalue weighted by molar-refractivity contribution is 0.0945. The van der Waals surface area contributed by atoms with E-state index in [2.05, 4.69) is 20.3 Å². The van der Waals surface area contributed by atoms with Crippen LogP contribution in [0, 0.1) is 0 Å². The number of carbonyl (C=O) groups is 1. The van der Waals surface area contributed by atoms with Gasteiger partial charge in [-0.1, -0.05) is 66.2 Å². The predicted molar refractivity (Wildman–Crippen MR) is 136 cm³/mol. The van der Waals surface area contributed by atoms with Crippen LogP contribution in [0.1, 0.15) is 27.5 Å². The fourth-order valence-corrected chi connectivity index (χ4v) is 4.25. The number of aromatic amines is 1. The van der Waals surface area contributed by atoms with Crippen molar-refractivity contribution in [2.24, 2.45) is 0 Å². The highest BCUT2D eigenvalue weighted by Crippen LogP contribution is 2.28. The minimum atomic E-state index is -0.450. The van der Waals surface area contributed by atoms with Gasteiger partial charge in [0, 0.05) is 46.0 Å². The molecule has 0 aliphatic rings. The first-order valence-corrected chi connectivity index (χ1v) is 11.5. The van der Waals surface area contributed by atoms with Crippen molar-refractivity contribution in [3.63, 3.8) is 0 Å². The number of fused-ring (bicyclic) bond motifs is 1. The Morgan fingerprint density at radius 2 is 1.82 bits per heavy atom. The zero-order valence-corrected chi connectivity index (χ0v) is 19.2. The number of aromatic nitrogens is 3. The highest BCUT2D eigenvalue weighted by atomic mass is 35.5. The summed E-state index contributed by atoms with van der Waals surface area (Å²) in [6.45, 7) is 0.660. The topological polar surface area (TPSA) is 70.7 Å². The number of rotatable bonds is 8. The SMILES string of the molecule is O=C(c1c[nH]c2cc(-c3ccncn3)ccc12)[C@H](NCCc1ccc(Cl)cc1)c1ccccc1. The summed E-state index contributed by atoms with van der Waals surface area (Å²) in [7, 11) is 0. The monoisotopic (exact) mass is 466 g/mol. The molecule has 168 valence electrons. The molecule has 6 heteroatoms. The van der Waals surface area contributed by atoms with E-state index in [4.69, 9.17) is 11.6 Å². The molecule has 5 nitrogen and oxygen atoms in total. The molecule has 2 heterocycles. The fraction of sp³-hybridized carbons (Fsp3) is 0.107. The van der Waals surface area contributed by atoms with Crippen molar-refractivity contribution in [1.82, 2.24) is 20.3 Å². The molecule has 5 rings (SSSR count). The first-order chi connectivity index (χ1) is 16.7. The largest absolute Gasteiger partial charge is 0.360 e. The number of ketones is 1. The lowest BCUT2D eigenvalue weighted by atomic mass is 9.96. The van der Waals surface area contributed by atoms with Crippen LogP contribution in [0.4, 0.5) is 0 Å². The summed E-state index contributed by atoms with van der Waals surface area (Å²) in [4.78, 5) is 25.3. The number of carbonyl (C=O) groups excluding carboxylic acids is 1. The smallest absolute Gasteiger partial charge is 0.186 e. The summed E-state index contributed by atoms with van der Waals surface area (Å²) in [5.74, 6) is 0.0309. The molecule has 0 saturated carbocycles. The van der Waals surface area contributed by atoms with Gasteiger partial charge >= 0.3 is 0 Å². The Labute approximate surface area is 202 Å². The van der Waals surface area contributed by atoms with Crippen molar-refractivity contribution >= 4 is 28.3 Å². The summed E-state index contributed by atoms with van der Waals surface area (Å²) < 4.78 is 0. The minimum absolute atomic E-state index is 0.0309. The zero-order valence-electron chi connectivity index (χ0n) is 18.4. The van der Waals surface area contributed by atoms with Crippen LogP contribution in [-0.4, -0.2) is 27.3 Å². The van der Waals surface area contributed by atoms with Gasteiger partial charge in [0.05, 0.1) is 11.7 Å². The van der Waals surface area contributed by atoms with Crippen LogP contribution in [-0.2, 0) is 6.42 Å². The van der Waals surface area contributed by atoms with Gasteiger partial charge in [0.15, 0.2) is 5.78 Å². The Kier molecular flexibility index (Phi) is 6.47. The molecule has 0 saturated heterocycles. The standard InChI is InChI=1S/C28H23ClN4O/c29-22-9-6-19(7-10-22)12-15-31-27(20-4-2-1-3-5-20)28(34)24-17-32-26-16-21(8-11-23(24)26)25-13-14-30-18-33-25/h1-11,13-14,16-18,27,31-32H,12,15H2/t27-/m1/s1. The first-order valence-electron chi connectivity index (χ1n) is 11.1. The minimum Gasteiger partial charge on any atom is -0.360 e. The van der Waals surface area contributed by atoms with Gasteiger partial charge in [0.25, 0.3) is 0 Å². The fourth-order valence-electron chi connectivity index (χ4n) is 4.13.